The number of rotatable bonds is 3. The lowest BCUT2D eigenvalue weighted by atomic mass is 10.1. The average Bonchev–Trinajstić information content (AvgIpc) is 3.46. The number of ether oxygens (including phenoxy) is 1. The van der Waals surface area contributed by atoms with E-state index in [1.165, 1.54) is 10.4 Å². The maximum absolute atomic E-state index is 5.58. The van der Waals surface area contributed by atoms with E-state index in [0.717, 1.165) is 64.6 Å². The predicted molar refractivity (Wildman–Crippen MR) is 121 cm³/mol. The van der Waals surface area contributed by atoms with Gasteiger partial charge in [-0.05, 0) is 17.7 Å². The van der Waals surface area contributed by atoms with Gasteiger partial charge in [0.1, 0.15) is 0 Å². The number of H-pyrrole nitrogens is 1. The molecule has 0 atom stereocenters. The lowest BCUT2D eigenvalue weighted by Gasteiger charge is -2.28. The Labute approximate surface area is 177 Å². The standard InChI is InChI=1S/C23H19N5OS/c1-2-5-15(6-3-1)20-13-19-21(30-20)23(28-9-11-29-12-10-28)26-22(25-19)16-7-4-8-18-17(16)14-24-27-18/h1-8,13-14H,9-12H2,(H,24,27). The summed E-state index contributed by atoms with van der Waals surface area (Å²) in [5, 5.41) is 8.27. The summed E-state index contributed by atoms with van der Waals surface area (Å²) in [5.41, 5.74) is 4.15. The van der Waals surface area contributed by atoms with E-state index in [-0.39, 0.29) is 0 Å². The number of morpholine rings is 1. The van der Waals surface area contributed by atoms with Crippen LogP contribution in [0.4, 0.5) is 5.82 Å². The van der Waals surface area contributed by atoms with Gasteiger partial charge in [0.05, 0.1) is 35.1 Å². The zero-order valence-corrected chi connectivity index (χ0v) is 17.0. The fraction of sp³-hybridized carbons (Fsp3) is 0.174. The summed E-state index contributed by atoms with van der Waals surface area (Å²) in [6.07, 6.45) is 1.84. The molecule has 1 aliphatic rings. The number of hydrogen-bond acceptors (Lipinski definition) is 6. The lowest BCUT2D eigenvalue weighted by molar-refractivity contribution is 0.122. The Kier molecular flexibility index (Phi) is 4.21. The highest BCUT2D eigenvalue weighted by Crippen LogP contribution is 2.39. The Morgan fingerprint density at radius 3 is 2.70 bits per heavy atom. The molecule has 0 saturated carbocycles. The van der Waals surface area contributed by atoms with Gasteiger partial charge in [-0.25, -0.2) is 9.97 Å². The second-order valence-electron chi connectivity index (χ2n) is 7.30. The summed E-state index contributed by atoms with van der Waals surface area (Å²) in [4.78, 5) is 13.6. The van der Waals surface area contributed by atoms with Gasteiger partial charge in [0.25, 0.3) is 0 Å². The van der Waals surface area contributed by atoms with E-state index in [1.807, 2.05) is 24.4 Å². The van der Waals surface area contributed by atoms with Gasteiger partial charge in [0, 0.05) is 28.9 Å². The summed E-state index contributed by atoms with van der Waals surface area (Å²) in [5.74, 6) is 1.72. The van der Waals surface area contributed by atoms with Crippen LogP contribution in [0.25, 0.3) is 42.9 Å². The van der Waals surface area contributed by atoms with Gasteiger partial charge in [0.2, 0.25) is 0 Å². The first-order valence-corrected chi connectivity index (χ1v) is 10.8. The summed E-state index contributed by atoms with van der Waals surface area (Å²) >= 11 is 1.75. The smallest absolute Gasteiger partial charge is 0.162 e. The van der Waals surface area contributed by atoms with Crippen LogP contribution in [0.1, 0.15) is 0 Å². The first kappa shape index (κ1) is 17.6. The Hall–Kier alpha value is -3.29. The molecule has 0 unspecified atom stereocenters. The highest BCUT2D eigenvalue weighted by molar-refractivity contribution is 7.22. The largest absolute Gasteiger partial charge is 0.378 e. The molecule has 1 saturated heterocycles. The number of benzene rings is 2. The molecule has 0 spiro atoms. The van der Waals surface area contributed by atoms with Crippen molar-refractivity contribution in [3.63, 3.8) is 0 Å². The summed E-state index contributed by atoms with van der Waals surface area (Å²) in [6, 6.07) is 18.7. The van der Waals surface area contributed by atoms with Crippen molar-refractivity contribution in [1.29, 1.82) is 0 Å². The number of anilines is 1. The van der Waals surface area contributed by atoms with Gasteiger partial charge >= 0.3 is 0 Å². The van der Waals surface area contributed by atoms with Crippen molar-refractivity contribution < 1.29 is 4.74 Å². The number of aromatic nitrogens is 4. The number of nitrogens with one attached hydrogen (secondary N) is 1. The van der Waals surface area contributed by atoms with Gasteiger partial charge in [-0.15, -0.1) is 11.3 Å². The molecule has 4 heterocycles. The zero-order chi connectivity index (χ0) is 19.9. The summed E-state index contributed by atoms with van der Waals surface area (Å²) < 4.78 is 6.70. The quantitative estimate of drug-likeness (QED) is 0.463. The Bertz CT molecular complexity index is 1340. The fourth-order valence-electron chi connectivity index (χ4n) is 3.93. The van der Waals surface area contributed by atoms with Crippen molar-refractivity contribution in [2.45, 2.75) is 0 Å². The molecule has 2 aromatic carbocycles. The second-order valence-corrected chi connectivity index (χ2v) is 8.35. The van der Waals surface area contributed by atoms with Crippen LogP contribution in [0, 0.1) is 0 Å². The van der Waals surface area contributed by atoms with Crippen molar-refractivity contribution in [3.8, 4) is 21.8 Å². The van der Waals surface area contributed by atoms with E-state index in [4.69, 9.17) is 14.7 Å². The molecule has 5 aromatic rings. The third-order valence-electron chi connectivity index (χ3n) is 5.45. The number of nitrogens with zero attached hydrogens (tertiary/aromatic N) is 4. The lowest BCUT2D eigenvalue weighted by Crippen LogP contribution is -2.36. The molecule has 0 aliphatic carbocycles. The maximum atomic E-state index is 5.58. The van der Waals surface area contributed by atoms with Crippen LogP contribution in [0.5, 0.6) is 0 Å². The minimum absolute atomic E-state index is 0.717. The van der Waals surface area contributed by atoms with Gasteiger partial charge < -0.3 is 9.64 Å². The van der Waals surface area contributed by atoms with E-state index in [9.17, 15) is 0 Å². The number of thiophene rings is 1. The molecular formula is C23H19N5OS. The number of aromatic amines is 1. The van der Waals surface area contributed by atoms with Crippen molar-refractivity contribution in [2.24, 2.45) is 0 Å². The predicted octanol–water partition coefficient (Wildman–Crippen LogP) is 4.74. The third kappa shape index (κ3) is 2.94. The zero-order valence-electron chi connectivity index (χ0n) is 16.2. The monoisotopic (exact) mass is 413 g/mol. The molecule has 6 rings (SSSR count). The van der Waals surface area contributed by atoms with Crippen LogP contribution in [0.3, 0.4) is 0 Å². The van der Waals surface area contributed by atoms with E-state index in [0.29, 0.717) is 0 Å². The second kappa shape index (κ2) is 7.19. The molecule has 30 heavy (non-hydrogen) atoms. The number of fused-ring (bicyclic) bond motifs is 2. The van der Waals surface area contributed by atoms with Crippen molar-refractivity contribution in [2.75, 3.05) is 31.2 Å². The fourth-order valence-corrected chi connectivity index (χ4v) is 5.05. The molecule has 7 heteroatoms. The van der Waals surface area contributed by atoms with Crippen LogP contribution in [-0.4, -0.2) is 46.5 Å². The Morgan fingerprint density at radius 2 is 1.83 bits per heavy atom. The minimum atomic E-state index is 0.717. The first-order valence-electron chi connectivity index (χ1n) is 9.99. The van der Waals surface area contributed by atoms with E-state index < -0.39 is 0 Å². The van der Waals surface area contributed by atoms with Crippen molar-refractivity contribution in [3.05, 3.63) is 60.8 Å². The minimum Gasteiger partial charge on any atom is -0.378 e. The van der Waals surface area contributed by atoms with Crippen molar-refractivity contribution >= 4 is 38.3 Å². The molecular weight excluding hydrogens is 394 g/mol. The van der Waals surface area contributed by atoms with Gasteiger partial charge in [-0.3, -0.25) is 5.10 Å². The van der Waals surface area contributed by atoms with E-state index in [1.54, 1.807) is 11.3 Å². The van der Waals surface area contributed by atoms with Crippen LogP contribution < -0.4 is 4.90 Å². The van der Waals surface area contributed by atoms with Gasteiger partial charge in [-0.2, -0.15) is 5.10 Å². The first-order chi connectivity index (χ1) is 14.9. The summed E-state index contributed by atoms with van der Waals surface area (Å²) in [6.45, 7) is 3.10. The molecule has 1 aliphatic heterocycles. The van der Waals surface area contributed by atoms with E-state index >= 15 is 0 Å². The molecule has 0 radical (unpaired) electrons. The summed E-state index contributed by atoms with van der Waals surface area (Å²) in [7, 11) is 0. The third-order valence-corrected chi connectivity index (χ3v) is 6.62. The van der Waals surface area contributed by atoms with E-state index in [2.05, 4.69) is 51.5 Å². The molecule has 1 fully saturated rings. The average molecular weight is 414 g/mol. The van der Waals surface area contributed by atoms with Gasteiger partial charge in [-0.1, -0.05) is 42.5 Å². The number of hydrogen-bond donors (Lipinski definition) is 1. The van der Waals surface area contributed by atoms with Crippen LogP contribution in [0.2, 0.25) is 0 Å². The highest BCUT2D eigenvalue weighted by atomic mass is 32.1. The Morgan fingerprint density at radius 1 is 0.967 bits per heavy atom. The molecule has 1 N–H and O–H groups in total. The maximum Gasteiger partial charge on any atom is 0.162 e. The molecule has 148 valence electrons. The highest BCUT2D eigenvalue weighted by Gasteiger charge is 2.21. The van der Waals surface area contributed by atoms with Crippen LogP contribution >= 0.6 is 11.3 Å². The Balaban J connectivity index is 1.58. The molecule has 6 nitrogen and oxygen atoms in total. The van der Waals surface area contributed by atoms with Crippen LogP contribution in [-0.2, 0) is 4.74 Å². The normalized spacial score (nSPS) is 14.6. The molecule has 0 bridgehead atoms. The molecule has 0 amide bonds. The molecule has 3 aromatic heterocycles. The van der Waals surface area contributed by atoms with Crippen molar-refractivity contribution in [1.82, 2.24) is 20.2 Å². The SMILES string of the molecule is c1ccc(-c2cc3nc(-c4cccc5[nH]ncc45)nc(N4CCOCC4)c3s2)cc1. The van der Waals surface area contributed by atoms with Crippen LogP contribution in [0.15, 0.2) is 60.8 Å². The van der Waals surface area contributed by atoms with Gasteiger partial charge in [0.15, 0.2) is 11.6 Å². The topological polar surface area (TPSA) is 66.9 Å².